The van der Waals surface area contributed by atoms with Gasteiger partial charge in [0.2, 0.25) is 0 Å². The first kappa shape index (κ1) is 19.9. The third kappa shape index (κ3) is 4.76. The minimum Gasteiger partial charge on any atom is -0.302 e. The van der Waals surface area contributed by atoms with Crippen LogP contribution in [0.1, 0.15) is 49.4 Å². The van der Waals surface area contributed by atoms with Gasteiger partial charge >= 0.3 is 11.8 Å². The third-order valence-corrected chi connectivity index (χ3v) is 5.32. The normalized spacial score (nSPS) is 14.4. The van der Waals surface area contributed by atoms with Crippen molar-refractivity contribution in [1.82, 2.24) is 19.6 Å². The average Bonchev–Trinajstić information content (AvgIpc) is 3.36. The summed E-state index contributed by atoms with van der Waals surface area (Å²) in [6.45, 7) is 2.34. The highest BCUT2D eigenvalue weighted by Gasteiger charge is 2.20. The van der Waals surface area contributed by atoms with Crippen LogP contribution in [0.2, 0.25) is 0 Å². The van der Waals surface area contributed by atoms with Gasteiger partial charge in [-0.2, -0.15) is 10.2 Å². The Bertz CT molecular complexity index is 1020. The van der Waals surface area contributed by atoms with Gasteiger partial charge in [-0.1, -0.05) is 49.6 Å². The van der Waals surface area contributed by atoms with E-state index in [2.05, 4.69) is 20.8 Å². The SMILES string of the molecule is Cc1cc(NC(=O)C(=O)Nc2ccn(C3CCCCC3)n2)n(Cc2ccccc2)n1. The number of hydrogen-bond donors (Lipinski definition) is 2. The van der Waals surface area contributed by atoms with Crippen molar-refractivity contribution in [3.63, 3.8) is 0 Å². The predicted octanol–water partition coefficient (Wildman–Crippen LogP) is 3.52. The van der Waals surface area contributed by atoms with E-state index in [0.29, 0.717) is 24.2 Å². The molecule has 0 bridgehead atoms. The fraction of sp³-hybridized carbons (Fsp3) is 0.364. The molecular weight excluding hydrogens is 380 g/mol. The summed E-state index contributed by atoms with van der Waals surface area (Å²) >= 11 is 0. The monoisotopic (exact) mass is 406 g/mol. The van der Waals surface area contributed by atoms with E-state index >= 15 is 0 Å². The summed E-state index contributed by atoms with van der Waals surface area (Å²) in [6.07, 6.45) is 7.72. The topological polar surface area (TPSA) is 93.8 Å². The van der Waals surface area contributed by atoms with Crippen LogP contribution < -0.4 is 10.6 Å². The Labute approximate surface area is 175 Å². The van der Waals surface area contributed by atoms with Crippen LogP contribution in [0.15, 0.2) is 48.7 Å². The van der Waals surface area contributed by atoms with Gasteiger partial charge in [0.25, 0.3) is 0 Å². The van der Waals surface area contributed by atoms with Crippen molar-refractivity contribution in [2.24, 2.45) is 0 Å². The minimum absolute atomic E-state index is 0.369. The molecule has 0 spiro atoms. The summed E-state index contributed by atoms with van der Waals surface area (Å²) in [6, 6.07) is 13.6. The van der Waals surface area contributed by atoms with Crippen LogP contribution in [0, 0.1) is 6.92 Å². The molecule has 1 saturated carbocycles. The third-order valence-electron chi connectivity index (χ3n) is 5.32. The fourth-order valence-corrected chi connectivity index (χ4v) is 3.82. The number of aromatic nitrogens is 4. The smallest absolute Gasteiger partial charge is 0.302 e. The van der Waals surface area contributed by atoms with Gasteiger partial charge in [-0.15, -0.1) is 0 Å². The lowest BCUT2D eigenvalue weighted by atomic mass is 9.96. The van der Waals surface area contributed by atoms with Crippen molar-refractivity contribution in [3.05, 3.63) is 59.9 Å². The molecule has 0 aliphatic heterocycles. The molecule has 30 heavy (non-hydrogen) atoms. The number of benzene rings is 1. The molecule has 2 amide bonds. The average molecular weight is 406 g/mol. The number of rotatable bonds is 5. The van der Waals surface area contributed by atoms with Gasteiger partial charge in [0.15, 0.2) is 5.82 Å². The molecule has 0 radical (unpaired) electrons. The van der Waals surface area contributed by atoms with E-state index in [1.807, 2.05) is 48.1 Å². The highest BCUT2D eigenvalue weighted by atomic mass is 16.2. The second-order valence-electron chi connectivity index (χ2n) is 7.70. The maximum Gasteiger partial charge on any atom is 0.315 e. The number of carbonyl (C=O) groups is 2. The number of hydrogen-bond acceptors (Lipinski definition) is 4. The van der Waals surface area contributed by atoms with Crippen LogP contribution >= 0.6 is 0 Å². The zero-order valence-electron chi connectivity index (χ0n) is 17.0. The van der Waals surface area contributed by atoms with Crippen LogP contribution in [-0.4, -0.2) is 31.4 Å². The van der Waals surface area contributed by atoms with Crippen molar-refractivity contribution >= 4 is 23.5 Å². The summed E-state index contributed by atoms with van der Waals surface area (Å²) in [4.78, 5) is 24.8. The van der Waals surface area contributed by atoms with Gasteiger partial charge in [0.1, 0.15) is 5.82 Å². The number of nitrogens with zero attached hydrogens (tertiary/aromatic N) is 4. The van der Waals surface area contributed by atoms with E-state index in [0.717, 1.165) is 24.1 Å². The highest BCUT2D eigenvalue weighted by molar-refractivity contribution is 6.43. The zero-order chi connectivity index (χ0) is 20.9. The van der Waals surface area contributed by atoms with Crippen LogP contribution in [-0.2, 0) is 16.1 Å². The maximum absolute atomic E-state index is 12.4. The van der Waals surface area contributed by atoms with E-state index in [9.17, 15) is 9.59 Å². The van der Waals surface area contributed by atoms with Crippen LogP contribution in [0.5, 0.6) is 0 Å². The molecule has 1 aliphatic carbocycles. The van der Waals surface area contributed by atoms with Gasteiger partial charge in [-0.25, -0.2) is 4.68 Å². The van der Waals surface area contributed by atoms with Crippen molar-refractivity contribution in [3.8, 4) is 0 Å². The second kappa shape index (κ2) is 8.94. The number of aryl methyl sites for hydroxylation is 1. The Morgan fingerprint density at radius 1 is 1.00 bits per heavy atom. The molecule has 1 aliphatic rings. The van der Waals surface area contributed by atoms with E-state index in [1.165, 1.54) is 19.3 Å². The van der Waals surface area contributed by atoms with Gasteiger partial charge < -0.3 is 10.6 Å². The molecule has 8 nitrogen and oxygen atoms in total. The van der Waals surface area contributed by atoms with Gasteiger partial charge in [-0.3, -0.25) is 14.3 Å². The molecule has 1 fully saturated rings. The Balaban J connectivity index is 1.38. The Kier molecular flexibility index (Phi) is 5.92. The number of nitrogens with one attached hydrogen (secondary N) is 2. The standard InChI is InChI=1S/C22H26N6O2/c1-16-14-20(28(25-16)15-17-8-4-2-5-9-17)24-22(30)21(29)23-19-12-13-27(26-19)18-10-6-3-7-11-18/h2,4-5,8-9,12-14,18H,3,6-7,10-11,15H2,1H3,(H,24,30)(H,23,26,29). The Morgan fingerprint density at radius 3 is 2.50 bits per heavy atom. The predicted molar refractivity (Wildman–Crippen MR) is 114 cm³/mol. The van der Waals surface area contributed by atoms with Crippen LogP contribution in [0.3, 0.4) is 0 Å². The molecule has 0 saturated heterocycles. The van der Waals surface area contributed by atoms with Crippen LogP contribution in [0.25, 0.3) is 0 Å². The lowest BCUT2D eigenvalue weighted by Crippen LogP contribution is -2.30. The zero-order valence-corrected chi connectivity index (χ0v) is 17.0. The van der Waals surface area contributed by atoms with E-state index < -0.39 is 11.8 Å². The summed E-state index contributed by atoms with van der Waals surface area (Å²) in [5.74, 6) is -0.649. The van der Waals surface area contributed by atoms with Gasteiger partial charge in [0.05, 0.1) is 18.3 Å². The Morgan fingerprint density at radius 2 is 1.73 bits per heavy atom. The van der Waals surface area contributed by atoms with Crippen molar-refractivity contribution in [1.29, 1.82) is 0 Å². The maximum atomic E-state index is 12.4. The summed E-state index contributed by atoms with van der Waals surface area (Å²) in [7, 11) is 0. The fourth-order valence-electron chi connectivity index (χ4n) is 3.82. The number of anilines is 2. The number of amides is 2. The molecule has 2 aromatic heterocycles. The van der Waals surface area contributed by atoms with E-state index in [-0.39, 0.29) is 0 Å². The number of carbonyl (C=O) groups excluding carboxylic acids is 2. The highest BCUT2D eigenvalue weighted by Crippen LogP contribution is 2.27. The van der Waals surface area contributed by atoms with Gasteiger partial charge in [0, 0.05) is 18.3 Å². The summed E-state index contributed by atoms with van der Waals surface area (Å²) in [5, 5.41) is 14.1. The minimum atomic E-state index is -0.756. The molecule has 0 unspecified atom stereocenters. The van der Waals surface area contributed by atoms with Gasteiger partial charge in [-0.05, 0) is 25.3 Å². The quantitative estimate of drug-likeness (QED) is 0.634. The molecule has 4 rings (SSSR count). The van der Waals surface area contributed by atoms with E-state index in [1.54, 1.807) is 16.8 Å². The molecule has 2 heterocycles. The van der Waals surface area contributed by atoms with E-state index in [4.69, 9.17) is 0 Å². The second-order valence-corrected chi connectivity index (χ2v) is 7.70. The Hall–Kier alpha value is -3.42. The molecule has 8 heteroatoms. The molecule has 0 atom stereocenters. The lowest BCUT2D eigenvalue weighted by Gasteiger charge is -2.21. The van der Waals surface area contributed by atoms with Crippen molar-refractivity contribution in [2.45, 2.75) is 51.6 Å². The molecular formula is C22H26N6O2. The first-order valence-electron chi connectivity index (χ1n) is 10.3. The van der Waals surface area contributed by atoms with Crippen LogP contribution in [0.4, 0.5) is 11.6 Å². The molecule has 2 N–H and O–H groups in total. The lowest BCUT2D eigenvalue weighted by molar-refractivity contribution is -0.133. The molecule has 3 aromatic rings. The largest absolute Gasteiger partial charge is 0.315 e. The summed E-state index contributed by atoms with van der Waals surface area (Å²) in [5.41, 5.74) is 1.81. The molecule has 156 valence electrons. The molecule has 1 aromatic carbocycles. The van der Waals surface area contributed by atoms with Crippen molar-refractivity contribution < 1.29 is 9.59 Å². The first-order valence-corrected chi connectivity index (χ1v) is 10.3. The first-order chi connectivity index (χ1) is 14.6. The van der Waals surface area contributed by atoms with Crippen molar-refractivity contribution in [2.75, 3.05) is 10.6 Å². The summed E-state index contributed by atoms with van der Waals surface area (Å²) < 4.78 is 3.57.